The number of carbonyl (C=O) groups is 2. The van der Waals surface area contributed by atoms with E-state index in [1.165, 1.54) is 46.4 Å². The van der Waals surface area contributed by atoms with Crippen molar-refractivity contribution in [3.8, 4) is 0 Å². The summed E-state index contributed by atoms with van der Waals surface area (Å²) in [5.41, 5.74) is 6.41. The minimum absolute atomic E-state index is 0.129. The van der Waals surface area contributed by atoms with Gasteiger partial charge < -0.3 is 15.0 Å². The summed E-state index contributed by atoms with van der Waals surface area (Å²) in [4.78, 5) is 24.3. The smallest absolute Gasteiger partial charge is 0.407 e. The zero-order chi connectivity index (χ0) is 28.4. The van der Waals surface area contributed by atoms with Crippen LogP contribution >= 0.6 is 0 Å². The first-order valence-corrected chi connectivity index (χ1v) is 12.4. The fourth-order valence-corrected chi connectivity index (χ4v) is 3.10. The standard InChI is InChI=1S/C11H13NO2.C11H13N.C6H10F3NO2/c1-2-9-3-5-10(6-4-9)7-8-11(13)12-14;1-2-5-9-8-12-11-7-4-3-6-10(9)11;1-2-3-12-5(11)10-4-6(7,8)9/h3-8,14H,2H2,1H3,(H,12,13);3-4,6-8,12H,2,5H2,1H3;2-4H2,1H3,(H,10,11)/b8-7+;;. The molecule has 0 aliphatic carbocycles. The van der Waals surface area contributed by atoms with Gasteiger partial charge in [0.2, 0.25) is 0 Å². The van der Waals surface area contributed by atoms with Crippen molar-refractivity contribution < 1.29 is 32.7 Å². The van der Waals surface area contributed by atoms with E-state index in [-0.39, 0.29) is 6.61 Å². The summed E-state index contributed by atoms with van der Waals surface area (Å²) in [5.74, 6) is -0.524. The van der Waals surface area contributed by atoms with Gasteiger partial charge in [-0.1, -0.05) is 69.7 Å². The number of aromatic amines is 1. The van der Waals surface area contributed by atoms with E-state index in [1.54, 1.807) is 18.3 Å². The molecule has 38 heavy (non-hydrogen) atoms. The number of amides is 2. The van der Waals surface area contributed by atoms with E-state index in [9.17, 15) is 22.8 Å². The van der Waals surface area contributed by atoms with Gasteiger partial charge in [-0.3, -0.25) is 10.0 Å². The van der Waals surface area contributed by atoms with Crippen molar-refractivity contribution in [2.24, 2.45) is 0 Å². The molecule has 0 saturated carbocycles. The molecule has 3 rings (SSSR count). The molecule has 0 spiro atoms. The second-order valence-corrected chi connectivity index (χ2v) is 8.12. The molecule has 0 unspecified atom stereocenters. The van der Waals surface area contributed by atoms with Crippen molar-refractivity contribution >= 4 is 29.0 Å². The minimum Gasteiger partial charge on any atom is -0.450 e. The highest BCUT2D eigenvalue weighted by molar-refractivity contribution is 5.90. The largest absolute Gasteiger partial charge is 0.450 e. The fraction of sp³-hybridized carbons (Fsp3) is 0.357. The molecule has 0 fully saturated rings. The molecule has 1 aromatic heterocycles. The van der Waals surface area contributed by atoms with Crippen LogP contribution in [0.3, 0.4) is 0 Å². The number of hydrogen-bond acceptors (Lipinski definition) is 4. The van der Waals surface area contributed by atoms with Crippen LogP contribution in [0.2, 0.25) is 0 Å². The first-order chi connectivity index (χ1) is 18.1. The topological polar surface area (TPSA) is 103 Å². The van der Waals surface area contributed by atoms with Gasteiger partial charge in [0.1, 0.15) is 6.54 Å². The number of fused-ring (bicyclic) bond motifs is 1. The van der Waals surface area contributed by atoms with E-state index in [4.69, 9.17) is 5.21 Å². The molecule has 0 aliphatic rings. The number of aryl methyl sites for hydroxylation is 2. The molecule has 2 amide bonds. The number of carbonyl (C=O) groups excluding carboxylic acids is 2. The Labute approximate surface area is 221 Å². The number of aromatic nitrogens is 1. The number of halogens is 3. The normalized spacial score (nSPS) is 10.7. The van der Waals surface area contributed by atoms with Crippen LogP contribution in [0.4, 0.5) is 18.0 Å². The van der Waals surface area contributed by atoms with Gasteiger partial charge >= 0.3 is 12.3 Å². The van der Waals surface area contributed by atoms with Crippen LogP contribution in [0, 0.1) is 0 Å². The number of para-hydroxylation sites is 1. The number of benzene rings is 2. The highest BCUT2D eigenvalue weighted by atomic mass is 19.4. The summed E-state index contributed by atoms with van der Waals surface area (Å²) in [7, 11) is 0. The Balaban J connectivity index is 0.000000286. The predicted octanol–water partition coefficient (Wildman–Crippen LogP) is 6.57. The third kappa shape index (κ3) is 13.5. The number of nitrogens with one attached hydrogen (secondary N) is 3. The van der Waals surface area contributed by atoms with Crippen LogP contribution < -0.4 is 10.8 Å². The van der Waals surface area contributed by atoms with E-state index in [1.807, 2.05) is 24.3 Å². The number of ether oxygens (including phenoxy) is 1. The van der Waals surface area contributed by atoms with Crippen molar-refractivity contribution in [3.05, 3.63) is 77.5 Å². The van der Waals surface area contributed by atoms with Crippen LogP contribution in [0.1, 0.15) is 50.3 Å². The third-order valence-electron chi connectivity index (χ3n) is 4.99. The maximum absolute atomic E-state index is 11.5. The van der Waals surface area contributed by atoms with Gasteiger partial charge in [-0.2, -0.15) is 13.2 Å². The summed E-state index contributed by atoms with van der Waals surface area (Å²) >= 11 is 0. The molecule has 0 aliphatic heterocycles. The van der Waals surface area contributed by atoms with Crippen LogP contribution in [-0.4, -0.2) is 41.5 Å². The molecular formula is C28H36F3N3O4. The Kier molecular flexibility index (Phi) is 15.0. The number of alkyl halides is 3. The van der Waals surface area contributed by atoms with Gasteiger partial charge in [0.25, 0.3) is 5.91 Å². The van der Waals surface area contributed by atoms with Crippen molar-refractivity contribution in [1.29, 1.82) is 0 Å². The lowest BCUT2D eigenvalue weighted by atomic mass is 10.1. The Morgan fingerprint density at radius 2 is 1.71 bits per heavy atom. The van der Waals surface area contributed by atoms with Gasteiger partial charge in [-0.15, -0.1) is 0 Å². The van der Waals surface area contributed by atoms with E-state index >= 15 is 0 Å². The van der Waals surface area contributed by atoms with E-state index in [0.717, 1.165) is 12.0 Å². The lowest BCUT2D eigenvalue weighted by Gasteiger charge is -2.07. The van der Waals surface area contributed by atoms with E-state index in [0.29, 0.717) is 6.42 Å². The van der Waals surface area contributed by atoms with Gasteiger partial charge in [0.15, 0.2) is 0 Å². The SMILES string of the molecule is CCCOC(=O)NCC(F)(F)F.CCCc1c[nH]c2ccccc12.CCc1ccc(/C=C/C(=O)NO)cc1. The fourth-order valence-electron chi connectivity index (χ4n) is 3.10. The number of hydroxylamine groups is 1. The Hall–Kier alpha value is -3.79. The van der Waals surface area contributed by atoms with Crippen molar-refractivity contribution in [2.75, 3.05) is 13.2 Å². The van der Waals surface area contributed by atoms with E-state index in [2.05, 4.69) is 54.0 Å². The second-order valence-electron chi connectivity index (χ2n) is 8.12. The Bertz CT molecular complexity index is 1130. The van der Waals surface area contributed by atoms with E-state index < -0.39 is 24.7 Å². The number of H-pyrrole nitrogens is 1. The summed E-state index contributed by atoms with van der Waals surface area (Å²) < 4.78 is 38.7. The summed E-state index contributed by atoms with van der Waals surface area (Å²) in [6.45, 7) is 4.82. The molecule has 3 aromatic rings. The van der Waals surface area contributed by atoms with Crippen molar-refractivity contribution in [3.63, 3.8) is 0 Å². The average Bonchev–Trinajstić information content (AvgIpc) is 3.33. The molecule has 1 heterocycles. The first kappa shape index (κ1) is 32.2. The van der Waals surface area contributed by atoms with Crippen molar-refractivity contribution in [1.82, 2.24) is 15.8 Å². The maximum Gasteiger partial charge on any atom is 0.407 e. The number of alkyl carbamates (subject to hydrolysis) is 1. The number of rotatable bonds is 8. The predicted molar refractivity (Wildman–Crippen MR) is 143 cm³/mol. The molecule has 0 saturated heterocycles. The maximum atomic E-state index is 11.5. The molecule has 4 N–H and O–H groups in total. The zero-order valence-electron chi connectivity index (χ0n) is 21.9. The molecule has 10 heteroatoms. The molecule has 7 nitrogen and oxygen atoms in total. The Morgan fingerprint density at radius 1 is 1.03 bits per heavy atom. The van der Waals surface area contributed by atoms with Crippen LogP contribution in [0.25, 0.3) is 17.0 Å². The van der Waals surface area contributed by atoms with Gasteiger partial charge in [-0.05, 0) is 48.1 Å². The van der Waals surface area contributed by atoms with Gasteiger partial charge in [0.05, 0.1) is 6.61 Å². The summed E-state index contributed by atoms with van der Waals surface area (Å²) in [6, 6.07) is 16.3. The lowest BCUT2D eigenvalue weighted by Crippen LogP contribution is -2.34. The highest BCUT2D eigenvalue weighted by Crippen LogP contribution is 2.18. The summed E-state index contributed by atoms with van der Waals surface area (Å²) in [6.07, 6.45) is 3.59. The lowest BCUT2D eigenvalue weighted by molar-refractivity contribution is -0.124. The molecule has 208 valence electrons. The molecule has 2 aromatic carbocycles. The second kappa shape index (κ2) is 17.6. The quantitative estimate of drug-likeness (QED) is 0.149. The highest BCUT2D eigenvalue weighted by Gasteiger charge is 2.27. The minimum atomic E-state index is -4.38. The average molecular weight is 536 g/mol. The summed E-state index contributed by atoms with van der Waals surface area (Å²) in [5, 5.41) is 11.2. The molecule has 0 bridgehead atoms. The van der Waals surface area contributed by atoms with Crippen LogP contribution in [0.5, 0.6) is 0 Å². The van der Waals surface area contributed by atoms with Crippen molar-refractivity contribution in [2.45, 2.75) is 52.6 Å². The first-order valence-electron chi connectivity index (χ1n) is 12.4. The molecule has 0 radical (unpaired) electrons. The zero-order valence-corrected chi connectivity index (χ0v) is 21.9. The third-order valence-corrected chi connectivity index (χ3v) is 4.99. The number of hydrogen-bond donors (Lipinski definition) is 4. The van der Waals surface area contributed by atoms with Crippen LogP contribution in [-0.2, 0) is 22.4 Å². The monoisotopic (exact) mass is 535 g/mol. The molecular weight excluding hydrogens is 499 g/mol. The van der Waals surface area contributed by atoms with Gasteiger partial charge in [-0.25, -0.2) is 10.3 Å². The van der Waals surface area contributed by atoms with Gasteiger partial charge in [0, 0.05) is 23.2 Å². The van der Waals surface area contributed by atoms with Crippen LogP contribution in [0.15, 0.2) is 60.8 Å². The Morgan fingerprint density at radius 3 is 2.29 bits per heavy atom. The molecule has 0 atom stereocenters.